The van der Waals surface area contributed by atoms with E-state index in [-0.39, 0.29) is 13.0 Å². The summed E-state index contributed by atoms with van der Waals surface area (Å²) in [5, 5.41) is 0. The summed E-state index contributed by atoms with van der Waals surface area (Å²) in [6.45, 7) is 1.17. The summed E-state index contributed by atoms with van der Waals surface area (Å²) >= 11 is 0. The molecule has 2 fully saturated rings. The molecule has 0 aromatic carbocycles. The summed E-state index contributed by atoms with van der Waals surface area (Å²) in [5.74, 6) is -2.49. The van der Waals surface area contributed by atoms with Crippen LogP contribution in [0.4, 0.5) is 8.78 Å². The standard InChI is InChI=1S/C10H18F2N2/c1-14-4-2-3-8(14)5-9(7-13)6-10(9,11)12/h8H,2-7,13H2,1H3. The molecule has 14 heavy (non-hydrogen) atoms. The first-order valence-corrected chi connectivity index (χ1v) is 5.29. The van der Waals surface area contributed by atoms with Crippen molar-refractivity contribution in [1.29, 1.82) is 0 Å². The average Bonchev–Trinajstić information content (AvgIpc) is 2.44. The van der Waals surface area contributed by atoms with Crippen molar-refractivity contribution < 1.29 is 8.78 Å². The fourth-order valence-corrected chi connectivity index (χ4v) is 2.60. The highest BCUT2D eigenvalue weighted by molar-refractivity contribution is 5.12. The van der Waals surface area contributed by atoms with E-state index in [1.807, 2.05) is 7.05 Å². The lowest BCUT2D eigenvalue weighted by Gasteiger charge is -2.24. The maximum atomic E-state index is 13.1. The molecule has 2 aliphatic rings. The van der Waals surface area contributed by atoms with Gasteiger partial charge in [0, 0.05) is 19.0 Å². The van der Waals surface area contributed by atoms with Gasteiger partial charge in [-0.1, -0.05) is 0 Å². The summed E-state index contributed by atoms with van der Waals surface area (Å²) in [7, 11) is 2.02. The second kappa shape index (κ2) is 3.14. The lowest BCUT2D eigenvalue weighted by Crippen LogP contribution is -2.33. The normalized spacial score (nSPS) is 41.6. The molecule has 1 saturated carbocycles. The Labute approximate surface area is 83.4 Å². The average molecular weight is 204 g/mol. The molecule has 2 rings (SSSR count). The minimum atomic E-state index is -2.49. The van der Waals surface area contributed by atoms with Crippen LogP contribution in [0.5, 0.6) is 0 Å². The van der Waals surface area contributed by atoms with Gasteiger partial charge in [0.15, 0.2) is 0 Å². The minimum Gasteiger partial charge on any atom is -0.330 e. The zero-order valence-corrected chi connectivity index (χ0v) is 8.60. The van der Waals surface area contributed by atoms with Crippen molar-refractivity contribution in [1.82, 2.24) is 4.90 Å². The lowest BCUT2D eigenvalue weighted by atomic mass is 9.95. The van der Waals surface area contributed by atoms with Crippen LogP contribution in [0.25, 0.3) is 0 Å². The Balaban J connectivity index is 1.97. The summed E-state index contributed by atoms with van der Waals surface area (Å²) in [4.78, 5) is 2.19. The molecule has 0 radical (unpaired) electrons. The Hall–Kier alpha value is -0.220. The molecule has 0 bridgehead atoms. The van der Waals surface area contributed by atoms with Gasteiger partial charge in [0.25, 0.3) is 5.92 Å². The van der Waals surface area contributed by atoms with E-state index in [4.69, 9.17) is 5.73 Å². The number of nitrogens with zero attached hydrogens (tertiary/aromatic N) is 1. The van der Waals surface area contributed by atoms with E-state index in [0.29, 0.717) is 12.5 Å². The van der Waals surface area contributed by atoms with Crippen LogP contribution in [0.2, 0.25) is 0 Å². The van der Waals surface area contributed by atoms with Crippen LogP contribution < -0.4 is 5.73 Å². The fourth-order valence-electron chi connectivity index (χ4n) is 2.60. The van der Waals surface area contributed by atoms with Crippen LogP contribution in [0.15, 0.2) is 0 Å². The van der Waals surface area contributed by atoms with Crippen LogP contribution >= 0.6 is 0 Å². The van der Waals surface area contributed by atoms with Gasteiger partial charge in [-0.3, -0.25) is 0 Å². The summed E-state index contributed by atoms with van der Waals surface area (Å²) in [6.07, 6.45) is 2.76. The van der Waals surface area contributed by atoms with Crippen molar-refractivity contribution in [2.24, 2.45) is 11.1 Å². The molecule has 1 saturated heterocycles. The first-order chi connectivity index (χ1) is 6.51. The predicted molar refractivity (Wildman–Crippen MR) is 51.3 cm³/mol. The second-order valence-corrected chi connectivity index (χ2v) is 4.85. The molecule has 1 heterocycles. The van der Waals surface area contributed by atoms with E-state index in [9.17, 15) is 8.78 Å². The maximum Gasteiger partial charge on any atom is 0.255 e. The minimum absolute atomic E-state index is 0.000833. The van der Waals surface area contributed by atoms with Gasteiger partial charge in [0.1, 0.15) is 0 Å². The van der Waals surface area contributed by atoms with Crippen molar-refractivity contribution in [2.45, 2.75) is 37.6 Å². The molecular weight excluding hydrogens is 186 g/mol. The molecule has 4 heteroatoms. The third-order valence-electron chi connectivity index (χ3n) is 3.90. The molecule has 2 N–H and O–H groups in total. The Morgan fingerprint density at radius 2 is 2.14 bits per heavy atom. The summed E-state index contributed by atoms with van der Waals surface area (Å²) in [5.41, 5.74) is 4.60. The molecular formula is C10H18F2N2. The van der Waals surface area contributed by atoms with Crippen LogP contribution in [0.1, 0.15) is 25.7 Å². The predicted octanol–water partition coefficient (Wildman–Crippen LogP) is 1.45. The van der Waals surface area contributed by atoms with Gasteiger partial charge in [-0.05, 0) is 32.9 Å². The number of halogens is 2. The maximum absolute atomic E-state index is 13.1. The highest BCUT2D eigenvalue weighted by atomic mass is 19.3. The highest BCUT2D eigenvalue weighted by Crippen LogP contribution is 2.63. The third kappa shape index (κ3) is 1.44. The number of hydrogen-bond donors (Lipinski definition) is 1. The molecule has 0 aromatic rings. The number of hydrogen-bond acceptors (Lipinski definition) is 2. The summed E-state index contributed by atoms with van der Waals surface area (Å²) < 4.78 is 26.3. The molecule has 0 spiro atoms. The quantitative estimate of drug-likeness (QED) is 0.754. The van der Waals surface area contributed by atoms with Crippen LogP contribution in [-0.4, -0.2) is 37.0 Å². The molecule has 2 nitrogen and oxygen atoms in total. The molecule has 0 amide bonds. The van der Waals surface area contributed by atoms with Crippen molar-refractivity contribution in [3.05, 3.63) is 0 Å². The van der Waals surface area contributed by atoms with E-state index < -0.39 is 11.3 Å². The molecule has 2 unspecified atom stereocenters. The van der Waals surface area contributed by atoms with Gasteiger partial charge in [-0.15, -0.1) is 0 Å². The first kappa shape index (κ1) is 10.3. The Morgan fingerprint density at radius 1 is 1.50 bits per heavy atom. The molecule has 1 aliphatic heterocycles. The summed E-state index contributed by atoms with van der Waals surface area (Å²) in [6, 6.07) is 0.326. The molecule has 82 valence electrons. The fraction of sp³-hybridized carbons (Fsp3) is 1.00. The topological polar surface area (TPSA) is 29.3 Å². The Kier molecular flexibility index (Phi) is 2.31. The van der Waals surface area contributed by atoms with Crippen molar-refractivity contribution in [3.8, 4) is 0 Å². The SMILES string of the molecule is CN1CCCC1CC1(CN)CC1(F)F. The Morgan fingerprint density at radius 3 is 2.50 bits per heavy atom. The zero-order chi connectivity index (χ0) is 10.4. The van der Waals surface area contributed by atoms with E-state index in [1.165, 1.54) is 0 Å². The third-order valence-corrected chi connectivity index (χ3v) is 3.90. The van der Waals surface area contributed by atoms with Crippen LogP contribution in [-0.2, 0) is 0 Å². The lowest BCUT2D eigenvalue weighted by molar-refractivity contribution is 0.0540. The van der Waals surface area contributed by atoms with Gasteiger partial charge in [0.2, 0.25) is 0 Å². The molecule has 2 atom stereocenters. The number of rotatable bonds is 3. The van der Waals surface area contributed by atoms with Gasteiger partial charge < -0.3 is 10.6 Å². The number of nitrogens with two attached hydrogens (primary N) is 1. The monoisotopic (exact) mass is 204 g/mol. The van der Waals surface area contributed by atoms with E-state index in [2.05, 4.69) is 4.90 Å². The van der Waals surface area contributed by atoms with Crippen molar-refractivity contribution in [2.75, 3.05) is 20.1 Å². The number of likely N-dealkylation sites (tertiary alicyclic amines) is 1. The van der Waals surface area contributed by atoms with Gasteiger partial charge in [-0.25, -0.2) is 8.78 Å². The van der Waals surface area contributed by atoms with Gasteiger partial charge in [0.05, 0.1) is 5.41 Å². The van der Waals surface area contributed by atoms with Gasteiger partial charge in [-0.2, -0.15) is 0 Å². The Bertz CT molecular complexity index is 232. The number of alkyl halides is 2. The van der Waals surface area contributed by atoms with E-state index >= 15 is 0 Å². The van der Waals surface area contributed by atoms with E-state index in [1.54, 1.807) is 0 Å². The van der Waals surface area contributed by atoms with Crippen LogP contribution in [0.3, 0.4) is 0 Å². The molecule has 0 aromatic heterocycles. The highest BCUT2D eigenvalue weighted by Gasteiger charge is 2.70. The largest absolute Gasteiger partial charge is 0.330 e. The van der Waals surface area contributed by atoms with Gasteiger partial charge >= 0.3 is 0 Å². The van der Waals surface area contributed by atoms with Crippen LogP contribution in [0, 0.1) is 5.41 Å². The van der Waals surface area contributed by atoms with E-state index in [0.717, 1.165) is 19.4 Å². The second-order valence-electron chi connectivity index (χ2n) is 4.85. The molecule has 1 aliphatic carbocycles. The zero-order valence-electron chi connectivity index (χ0n) is 8.60. The van der Waals surface area contributed by atoms with Crippen molar-refractivity contribution in [3.63, 3.8) is 0 Å². The van der Waals surface area contributed by atoms with Crippen molar-refractivity contribution >= 4 is 0 Å². The smallest absolute Gasteiger partial charge is 0.255 e. The first-order valence-electron chi connectivity index (χ1n) is 5.29.